The van der Waals surface area contributed by atoms with Gasteiger partial charge in [-0.15, -0.1) is 0 Å². The van der Waals surface area contributed by atoms with Crippen LogP contribution in [0.3, 0.4) is 0 Å². The summed E-state index contributed by atoms with van der Waals surface area (Å²) in [5.74, 6) is -0.292. The molecule has 0 heterocycles. The summed E-state index contributed by atoms with van der Waals surface area (Å²) < 4.78 is 23.9. The summed E-state index contributed by atoms with van der Waals surface area (Å²) in [4.78, 5) is 24.2. The number of benzene rings is 2. The molecule has 58 heavy (non-hydrogen) atoms. The number of ether oxygens (including phenoxy) is 4. The number of carboxylic acids is 2. The van der Waals surface area contributed by atoms with Crippen LogP contribution < -0.4 is 18.9 Å². The smallest absolute Gasteiger partial charge is 0.344 e. The lowest BCUT2D eigenvalue weighted by Crippen LogP contribution is -2.27. The van der Waals surface area contributed by atoms with Crippen LogP contribution in [0.5, 0.6) is 23.0 Å². The van der Waals surface area contributed by atoms with Gasteiger partial charge < -0.3 is 29.2 Å². The predicted octanol–water partition coefficient (Wildman–Crippen LogP) is 14.6. The second-order valence-electron chi connectivity index (χ2n) is 16.2. The second-order valence-corrected chi connectivity index (χ2v) is 16.2. The van der Waals surface area contributed by atoms with Gasteiger partial charge >= 0.3 is 11.9 Å². The minimum absolute atomic E-state index is 0.173. The van der Waals surface area contributed by atoms with Gasteiger partial charge in [0.25, 0.3) is 0 Å². The third-order valence-corrected chi connectivity index (χ3v) is 11.0. The first-order chi connectivity index (χ1) is 28.5. The Morgan fingerprint density at radius 2 is 0.638 bits per heavy atom. The molecule has 0 amide bonds. The molecule has 2 N–H and O–H groups in total. The highest BCUT2D eigenvalue weighted by atomic mass is 16.6. The van der Waals surface area contributed by atoms with Crippen LogP contribution >= 0.6 is 0 Å². The largest absolute Gasteiger partial charge is 0.486 e. The van der Waals surface area contributed by atoms with Crippen LogP contribution in [0, 0.1) is 0 Å². The van der Waals surface area contributed by atoms with Crippen LogP contribution in [0.15, 0.2) is 48.5 Å². The van der Waals surface area contributed by atoms with Gasteiger partial charge in [0.2, 0.25) is 0 Å². The van der Waals surface area contributed by atoms with E-state index in [1.165, 1.54) is 141 Å². The molecule has 0 saturated carbocycles. The third-order valence-electron chi connectivity index (χ3n) is 11.0. The summed E-state index contributed by atoms with van der Waals surface area (Å²) in [6.07, 6.45) is 34.0. The Morgan fingerprint density at radius 3 is 0.897 bits per heavy atom. The molecule has 2 aromatic rings. The van der Waals surface area contributed by atoms with Crippen molar-refractivity contribution in [3.05, 3.63) is 48.5 Å². The zero-order chi connectivity index (χ0) is 41.7. The van der Waals surface area contributed by atoms with Crippen molar-refractivity contribution in [1.29, 1.82) is 0 Å². The average Bonchev–Trinajstić information content (AvgIpc) is 3.22. The molecule has 0 saturated heterocycles. The van der Waals surface area contributed by atoms with Crippen LogP contribution in [-0.2, 0) is 9.59 Å². The lowest BCUT2D eigenvalue weighted by atomic mass is 10.0. The van der Waals surface area contributed by atoms with E-state index < -0.39 is 24.1 Å². The Labute approximate surface area is 353 Å². The van der Waals surface area contributed by atoms with E-state index in [9.17, 15) is 19.8 Å². The Bertz CT molecular complexity index is 1180. The maximum atomic E-state index is 12.1. The molecule has 0 fully saturated rings. The lowest BCUT2D eigenvalue weighted by molar-refractivity contribution is -0.146. The van der Waals surface area contributed by atoms with Crippen molar-refractivity contribution in [3.8, 4) is 23.0 Å². The molecule has 2 rings (SSSR count). The van der Waals surface area contributed by atoms with Gasteiger partial charge in [-0.05, 0) is 49.9 Å². The fourth-order valence-electron chi connectivity index (χ4n) is 7.46. The van der Waals surface area contributed by atoms with E-state index in [4.69, 9.17) is 18.9 Å². The second kappa shape index (κ2) is 35.5. The first kappa shape index (κ1) is 50.7. The number of carbonyl (C=O) groups is 2. The summed E-state index contributed by atoms with van der Waals surface area (Å²) in [6, 6.07) is 14.2. The molecule has 2 aromatic carbocycles. The highest BCUT2D eigenvalue weighted by Crippen LogP contribution is 2.31. The number of rotatable bonds is 41. The van der Waals surface area contributed by atoms with Crippen molar-refractivity contribution in [2.75, 3.05) is 13.2 Å². The molecule has 330 valence electrons. The topological polar surface area (TPSA) is 112 Å². The van der Waals surface area contributed by atoms with Crippen LogP contribution in [0.1, 0.15) is 206 Å². The molecule has 2 unspecified atom stereocenters. The van der Waals surface area contributed by atoms with Crippen molar-refractivity contribution >= 4 is 11.9 Å². The number of unbranched alkanes of at least 4 members (excludes halogenated alkanes) is 26. The minimum atomic E-state index is -0.978. The van der Waals surface area contributed by atoms with Crippen LogP contribution in [0.4, 0.5) is 0 Å². The van der Waals surface area contributed by atoms with Gasteiger partial charge in [-0.25, -0.2) is 9.59 Å². The van der Waals surface area contributed by atoms with Crippen molar-refractivity contribution in [2.24, 2.45) is 0 Å². The summed E-state index contributed by atoms with van der Waals surface area (Å²) >= 11 is 0. The SMILES string of the molecule is CCCCCCCCCCCCCCCCC(Oc1ccccc1OCCOc1ccccc1OC(CCCCCCCCCCCCCCCC)C(=O)O)C(=O)O. The van der Waals surface area contributed by atoms with Crippen molar-refractivity contribution in [3.63, 3.8) is 0 Å². The molecular formula is C50H82O8. The number of hydrogen-bond donors (Lipinski definition) is 2. The van der Waals surface area contributed by atoms with E-state index in [1.807, 2.05) is 12.1 Å². The molecule has 0 spiro atoms. The van der Waals surface area contributed by atoms with Crippen LogP contribution in [-0.4, -0.2) is 47.6 Å². The number of hydrogen-bond acceptors (Lipinski definition) is 6. The van der Waals surface area contributed by atoms with Crippen molar-refractivity contribution in [1.82, 2.24) is 0 Å². The molecule has 0 radical (unpaired) electrons. The first-order valence-electron chi connectivity index (χ1n) is 23.7. The highest BCUT2D eigenvalue weighted by Gasteiger charge is 2.22. The molecule has 0 aliphatic carbocycles. The van der Waals surface area contributed by atoms with E-state index in [0.29, 0.717) is 35.8 Å². The average molecular weight is 811 g/mol. The van der Waals surface area contributed by atoms with Gasteiger partial charge in [-0.3, -0.25) is 0 Å². The quantitative estimate of drug-likeness (QED) is 0.0639. The molecule has 0 aliphatic heterocycles. The summed E-state index contributed by atoms with van der Waals surface area (Å²) in [5.41, 5.74) is 0. The molecule has 0 bridgehead atoms. The maximum absolute atomic E-state index is 12.1. The van der Waals surface area contributed by atoms with Gasteiger partial charge in [0, 0.05) is 0 Å². The Morgan fingerprint density at radius 1 is 0.397 bits per heavy atom. The minimum Gasteiger partial charge on any atom is -0.486 e. The number of para-hydroxylation sites is 4. The highest BCUT2D eigenvalue weighted by molar-refractivity contribution is 5.73. The first-order valence-corrected chi connectivity index (χ1v) is 23.7. The van der Waals surface area contributed by atoms with Gasteiger partial charge in [0.1, 0.15) is 13.2 Å². The Kier molecular flexibility index (Phi) is 31.1. The molecule has 8 heteroatoms. The van der Waals surface area contributed by atoms with Gasteiger partial charge in [-0.1, -0.05) is 205 Å². The summed E-state index contributed by atoms with van der Waals surface area (Å²) in [7, 11) is 0. The summed E-state index contributed by atoms with van der Waals surface area (Å²) in [6.45, 7) is 4.87. The van der Waals surface area contributed by atoms with E-state index >= 15 is 0 Å². The molecule has 0 aromatic heterocycles. The molecule has 2 atom stereocenters. The van der Waals surface area contributed by atoms with E-state index in [2.05, 4.69) is 13.8 Å². The zero-order valence-corrected chi connectivity index (χ0v) is 36.7. The standard InChI is InChI=1S/C50H82O8/c1-3-5-7-9-11-13-15-17-19-21-23-25-27-29-39-47(49(51)52)57-45-37-33-31-35-43(45)55-41-42-56-44-36-32-34-38-46(44)58-48(50(53)54)40-30-28-26-24-22-20-18-16-14-12-10-8-6-4-2/h31-38,47-48H,3-30,39-42H2,1-2H3,(H,51,52)(H,53,54). The fourth-order valence-corrected chi connectivity index (χ4v) is 7.46. The van der Waals surface area contributed by atoms with Crippen molar-refractivity contribution < 1.29 is 38.7 Å². The van der Waals surface area contributed by atoms with E-state index in [1.54, 1.807) is 36.4 Å². The predicted molar refractivity (Wildman–Crippen MR) is 238 cm³/mol. The monoisotopic (exact) mass is 811 g/mol. The van der Waals surface area contributed by atoms with E-state index in [0.717, 1.165) is 38.5 Å². The molecule has 0 aliphatic rings. The summed E-state index contributed by atoms with van der Waals surface area (Å²) in [5, 5.41) is 19.8. The number of carboxylic acid groups (broad SMARTS) is 2. The van der Waals surface area contributed by atoms with Crippen LogP contribution in [0.25, 0.3) is 0 Å². The van der Waals surface area contributed by atoms with Gasteiger partial charge in [0.15, 0.2) is 35.2 Å². The van der Waals surface area contributed by atoms with E-state index in [-0.39, 0.29) is 13.2 Å². The molecular weight excluding hydrogens is 729 g/mol. The van der Waals surface area contributed by atoms with Crippen LogP contribution in [0.2, 0.25) is 0 Å². The third kappa shape index (κ3) is 25.8. The normalized spacial score (nSPS) is 12.2. The lowest BCUT2D eigenvalue weighted by Gasteiger charge is -2.19. The zero-order valence-electron chi connectivity index (χ0n) is 36.7. The maximum Gasteiger partial charge on any atom is 0.344 e. The Hall–Kier alpha value is -3.42. The van der Waals surface area contributed by atoms with Gasteiger partial charge in [-0.2, -0.15) is 0 Å². The molecule has 8 nitrogen and oxygen atoms in total. The fraction of sp³-hybridized carbons (Fsp3) is 0.720. The number of aliphatic carboxylic acids is 2. The van der Waals surface area contributed by atoms with Gasteiger partial charge in [0.05, 0.1) is 0 Å². The van der Waals surface area contributed by atoms with Crippen molar-refractivity contribution in [2.45, 2.75) is 219 Å². The Balaban J connectivity index is 1.66.